The summed E-state index contributed by atoms with van der Waals surface area (Å²) in [4.78, 5) is 20.9. The van der Waals surface area contributed by atoms with Crippen molar-refractivity contribution in [2.45, 2.75) is 89.6 Å². The van der Waals surface area contributed by atoms with Gasteiger partial charge in [0.25, 0.3) is 0 Å². The Bertz CT molecular complexity index is 366. The molecule has 2 saturated carbocycles. The van der Waals surface area contributed by atoms with Crippen LogP contribution >= 0.6 is 0 Å². The van der Waals surface area contributed by atoms with E-state index in [-0.39, 0.29) is 6.61 Å². The lowest BCUT2D eigenvalue weighted by atomic mass is 9.96. The minimum absolute atomic E-state index is 0.0676. The zero-order valence-corrected chi connectivity index (χ0v) is 16.6. The smallest absolute Gasteiger partial charge is 0.408 e. The average molecular weight is 371 g/mol. The lowest BCUT2D eigenvalue weighted by molar-refractivity contribution is -0.138. The van der Waals surface area contributed by atoms with Gasteiger partial charge >= 0.3 is 12.1 Å². The minimum atomic E-state index is -1.11. The van der Waals surface area contributed by atoms with Gasteiger partial charge in [0.15, 0.2) is 0 Å². The zero-order valence-electron chi connectivity index (χ0n) is 16.6. The second-order valence-electron chi connectivity index (χ2n) is 6.84. The number of nitrogens with one attached hydrogen (secondary N) is 2. The SMILES string of the molecule is C1CCCCC1.C=CCOC(=O)N[C@@H](C)C(=O)O.CNC1CCCCC1. The lowest BCUT2D eigenvalue weighted by Crippen LogP contribution is -2.38. The molecule has 3 N–H and O–H groups in total. The molecule has 2 rings (SSSR count). The van der Waals surface area contributed by atoms with Gasteiger partial charge in [0.1, 0.15) is 12.6 Å². The van der Waals surface area contributed by atoms with Gasteiger partial charge in [0, 0.05) is 6.04 Å². The summed E-state index contributed by atoms with van der Waals surface area (Å²) >= 11 is 0. The molecule has 6 nitrogen and oxygen atoms in total. The summed E-state index contributed by atoms with van der Waals surface area (Å²) < 4.78 is 4.48. The fourth-order valence-electron chi connectivity index (χ4n) is 2.87. The Labute approximate surface area is 158 Å². The first kappa shape index (κ1) is 24.4. The third-order valence-corrected chi connectivity index (χ3v) is 4.55. The summed E-state index contributed by atoms with van der Waals surface area (Å²) in [5, 5.41) is 13.8. The molecule has 2 fully saturated rings. The van der Waals surface area contributed by atoms with E-state index >= 15 is 0 Å². The van der Waals surface area contributed by atoms with Crippen LogP contribution in [0.2, 0.25) is 0 Å². The highest BCUT2D eigenvalue weighted by Gasteiger charge is 2.13. The molecule has 1 atom stereocenters. The van der Waals surface area contributed by atoms with Crippen molar-refractivity contribution in [3.63, 3.8) is 0 Å². The number of carboxylic acids is 1. The van der Waals surface area contributed by atoms with Crippen molar-refractivity contribution in [2.75, 3.05) is 13.7 Å². The number of ether oxygens (including phenoxy) is 1. The predicted molar refractivity (Wildman–Crippen MR) is 105 cm³/mol. The Morgan fingerprint density at radius 3 is 1.88 bits per heavy atom. The molecular weight excluding hydrogens is 332 g/mol. The molecule has 1 amide bonds. The van der Waals surface area contributed by atoms with Gasteiger partial charge < -0.3 is 20.5 Å². The average Bonchev–Trinajstić information content (AvgIpc) is 2.69. The maximum Gasteiger partial charge on any atom is 0.408 e. The van der Waals surface area contributed by atoms with Crippen molar-refractivity contribution in [3.05, 3.63) is 12.7 Å². The number of hydrogen-bond acceptors (Lipinski definition) is 4. The van der Waals surface area contributed by atoms with E-state index in [2.05, 4.69) is 29.0 Å². The first-order valence-electron chi connectivity index (χ1n) is 9.95. The molecule has 0 aliphatic heterocycles. The first-order valence-corrected chi connectivity index (χ1v) is 9.95. The highest BCUT2D eigenvalue weighted by Crippen LogP contribution is 2.16. The molecule has 0 aromatic rings. The first-order chi connectivity index (χ1) is 12.5. The van der Waals surface area contributed by atoms with E-state index in [4.69, 9.17) is 5.11 Å². The van der Waals surface area contributed by atoms with Crippen LogP contribution in [0.25, 0.3) is 0 Å². The van der Waals surface area contributed by atoms with Crippen LogP contribution in [-0.2, 0) is 9.53 Å². The zero-order chi connectivity index (χ0) is 19.6. The van der Waals surface area contributed by atoms with Crippen LogP contribution in [0.1, 0.15) is 77.6 Å². The van der Waals surface area contributed by atoms with Crippen LogP contribution in [-0.4, -0.2) is 42.9 Å². The van der Waals surface area contributed by atoms with E-state index in [1.807, 2.05) is 0 Å². The maximum absolute atomic E-state index is 10.7. The summed E-state index contributed by atoms with van der Waals surface area (Å²) in [5.41, 5.74) is 0. The van der Waals surface area contributed by atoms with E-state index in [1.54, 1.807) is 0 Å². The van der Waals surface area contributed by atoms with Crippen LogP contribution in [0.3, 0.4) is 0 Å². The standard InChI is InChI=1S/C7H11NO4.C7H15N.C6H12/c1-3-4-12-7(11)8-5(2)6(9)10;1-8-7-5-3-2-4-6-7;1-2-4-6-5-3-1/h3,5H,1,4H2,2H3,(H,8,11)(H,9,10);7-8H,2-6H2,1H3;1-6H2/t5-;;/m0../s1. The number of carbonyl (C=O) groups excluding carboxylic acids is 1. The molecule has 0 bridgehead atoms. The van der Waals surface area contributed by atoms with Crippen LogP contribution in [0.5, 0.6) is 0 Å². The Balaban J connectivity index is 0.000000383. The molecule has 0 saturated heterocycles. The Morgan fingerprint density at radius 2 is 1.54 bits per heavy atom. The van der Waals surface area contributed by atoms with Gasteiger partial charge in [-0.15, -0.1) is 0 Å². The normalized spacial score (nSPS) is 18.1. The fraction of sp³-hybridized carbons (Fsp3) is 0.800. The van der Waals surface area contributed by atoms with Crippen molar-refractivity contribution in [2.24, 2.45) is 0 Å². The minimum Gasteiger partial charge on any atom is -0.480 e. The van der Waals surface area contributed by atoms with Crippen molar-refractivity contribution in [1.82, 2.24) is 10.6 Å². The Hall–Kier alpha value is -1.56. The number of carboxylic acid groups (broad SMARTS) is 1. The van der Waals surface area contributed by atoms with Gasteiger partial charge in [-0.1, -0.05) is 70.4 Å². The lowest BCUT2D eigenvalue weighted by Gasteiger charge is -2.20. The molecule has 2 aliphatic carbocycles. The third-order valence-electron chi connectivity index (χ3n) is 4.55. The second kappa shape index (κ2) is 16.9. The van der Waals surface area contributed by atoms with Gasteiger partial charge in [0.05, 0.1) is 0 Å². The van der Waals surface area contributed by atoms with Crippen molar-refractivity contribution >= 4 is 12.1 Å². The van der Waals surface area contributed by atoms with Crippen LogP contribution in [0, 0.1) is 0 Å². The van der Waals surface area contributed by atoms with Crippen LogP contribution < -0.4 is 10.6 Å². The molecule has 0 unspecified atom stereocenters. The monoisotopic (exact) mass is 370 g/mol. The van der Waals surface area contributed by atoms with Gasteiger partial charge in [0.2, 0.25) is 0 Å². The fourth-order valence-corrected chi connectivity index (χ4v) is 2.87. The number of rotatable bonds is 5. The number of alkyl carbamates (subject to hydrolysis) is 1. The van der Waals surface area contributed by atoms with Gasteiger partial charge in [-0.3, -0.25) is 4.79 Å². The predicted octanol–water partition coefficient (Wildman–Crippen LogP) is 4.25. The summed E-state index contributed by atoms with van der Waals surface area (Å²) in [6.45, 7) is 4.74. The second-order valence-corrected chi connectivity index (χ2v) is 6.84. The molecule has 2 aliphatic rings. The highest BCUT2D eigenvalue weighted by molar-refractivity contribution is 5.79. The van der Waals surface area contributed by atoms with E-state index in [1.165, 1.54) is 83.6 Å². The van der Waals surface area contributed by atoms with Gasteiger partial charge in [-0.25, -0.2) is 4.79 Å². The van der Waals surface area contributed by atoms with Crippen molar-refractivity contribution in [1.29, 1.82) is 0 Å². The quantitative estimate of drug-likeness (QED) is 0.630. The molecule has 6 heteroatoms. The van der Waals surface area contributed by atoms with E-state index in [9.17, 15) is 9.59 Å². The molecule has 0 heterocycles. The van der Waals surface area contributed by atoms with E-state index in [0.29, 0.717) is 0 Å². The molecule has 26 heavy (non-hydrogen) atoms. The van der Waals surface area contributed by atoms with E-state index < -0.39 is 18.1 Å². The highest BCUT2D eigenvalue weighted by atomic mass is 16.5. The maximum atomic E-state index is 10.7. The number of aliphatic carboxylic acids is 1. The largest absolute Gasteiger partial charge is 0.480 e. The summed E-state index contributed by atoms with van der Waals surface area (Å²) in [5.74, 6) is -1.11. The number of carbonyl (C=O) groups is 2. The molecule has 0 aromatic heterocycles. The van der Waals surface area contributed by atoms with Gasteiger partial charge in [-0.05, 0) is 26.8 Å². The van der Waals surface area contributed by atoms with Crippen molar-refractivity contribution < 1.29 is 19.4 Å². The Morgan fingerprint density at radius 1 is 1.08 bits per heavy atom. The van der Waals surface area contributed by atoms with E-state index in [0.717, 1.165) is 6.04 Å². The van der Waals surface area contributed by atoms with Crippen LogP contribution in [0.15, 0.2) is 12.7 Å². The van der Waals surface area contributed by atoms with Crippen molar-refractivity contribution in [3.8, 4) is 0 Å². The third kappa shape index (κ3) is 14.8. The van der Waals surface area contributed by atoms with Crippen LogP contribution in [0.4, 0.5) is 4.79 Å². The summed E-state index contributed by atoms with van der Waals surface area (Å²) in [6.07, 6.45) is 16.8. The molecule has 0 radical (unpaired) electrons. The molecular formula is C20H38N2O4. The number of amides is 1. The number of hydrogen-bond donors (Lipinski definition) is 3. The molecule has 0 spiro atoms. The topological polar surface area (TPSA) is 87.7 Å². The summed E-state index contributed by atoms with van der Waals surface area (Å²) in [6, 6.07) is -0.105. The Kier molecular flexibility index (Phi) is 15.9. The molecule has 0 aromatic carbocycles. The summed E-state index contributed by atoms with van der Waals surface area (Å²) in [7, 11) is 2.07. The molecule has 152 valence electrons. The van der Waals surface area contributed by atoms with Gasteiger partial charge in [-0.2, -0.15) is 0 Å².